The van der Waals surface area contributed by atoms with E-state index in [4.69, 9.17) is 19.9 Å². The Morgan fingerprint density at radius 3 is 0.702 bits per heavy atom. The zero-order valence-corrected chi connectivity index (χ0v) is 73.8. The van der Waals surface area contributed by atoms with Crippen LogP contribution in [0, 0.1) is 0 Å². The molecule has 3 aromatic heterocycles. The number of Topliss-reactive ketones (excluding diaryl/α,β-unsaturated/α-hetero) is 1. The summed E-state index contributed by atoms with van der Waals surface area (Å²) in [6.07, 6.45) is 10.6. The van der Waals surface area contributed by atoms with E-state index in [9.17, 15) is 14.4 Å². The number of halogens is 1. The lowest BCUT2D eigenvalue weighted by Gasteiger charge is -2.14. The molecule has 0 aliphatic carbocycles. The van der Waals surface area contributed by atoms with Gasteiger partial charge in [0.2, 0.25) is 12.3 Å². The van der Waals surface area contributed by atoms with Crippen molar-refractivity contribution in [3.63, 3.8) is 0 Å². The number of benzene rings is 16. The molecule has 0 amide bonds. The van der Waals surface area contributed by atoms with Crippen molar-refractivity contribution >= 4 is 35.5 Å². The van der Waals surface area contributed by atoms with Crippen molar-refractivity contribution in [2.24, 2.45) is 0 Å². The maximum Gasteiger partial charge on any atom is 0.300 e. The number of hydrogen-bond acceptors (Lipinski definition) is 7. The molecular weight excluding hydrogens is 1670 g/mol. The molecule has 0 unspecified atom stereocenters. The van der Waals surface area contributed by atoms with Crippen LogP contribution in [0.2, 0.25) is 0 Å². The van der Waals surface area contributed by atoms with Crippen molar-refractivity contribution in [2.75, 3.05) is 0 Å². The third-order valence-electron chi connectivity index (χ3n) is 22.1. The highest BCUT2D eigenvalue weighted by atomic mass is 79.9. The standard InChI is InChI=1S/C64H44N2.C36H26O2.C19H16NO.C2H4O2.BrH.H3N/c1-5-14-45(15-6-1)49-24-32-53(33-25-49)61-41-59(42-62(65-61)54-34-26-50(27-35-54)46-16-7-2-8-17-46)57-22-13-23-58(40-57)60-43-63(55-36-28-51(29-37-55)47-18-9-3-10-19-47)66-64(44-60)56-38-30-52(31-39-56)48-20-11-4-12-21-48;37-35(33-20-16-31(17-21-33)29-10-3-1-4-11-29)24-14-27-8-7-9-28(26-27)15-25-36(38)34-22-18-32(19-23-34)30-12-5-2-6-13-30;21-19(15-20-13-5-2-6-14-20)18-11-9-17(10-12-18)16-7-3-1-4-8-16;1-2(3)4;;/h1-44H;1-26H;1-14H,15H2;1H3,(H,3,4);1H;1H3/q;;+1;;;/p-1/b;24-14+,25-15+;;;;. The number of pyridine rings is 3. The van der Waals surface area contributed by atoms with Gasteiger partial charge in [0.25, 0.3) is 5.97 Å². The van der Waals surface area contributed by atoms with Gasteiger partial charge in [-0.3, -0.25) is 19.2 Å². The van der Waals surface area contributed by atoms with Crippen LogP contribution in [0.1, 0.15) is 49.1 Å². The summed E-state index contributed by atoms with van der Waals surface area (Å²) in [7, 11) is 0. The van der Waals surface area contributed by atoms with E-state index in [0.717, 1.165) is 124 Å². The molecule has 634 valence electrons. The second-order valence-corrected chi connectivity index (χ2v) is 31.0. The largest absolute Gasteiger partial charge is 1.00 e. The number of carboxylic acid groups (broad SMARTS) is 1. The van der Waals surface area contributed by atoms with Crippen molar-refractivity contribution < 1.29 is 45.8 Å². The summed E-state index contributed by atoms with van der Waals surface area (Å²) < 4.78 is 1.88. The molecule has 0 bridgehead atoms. The summed E-state index contributed by atoms with van der Waals surface area (Å²) in [4.78, 5) is 57.3. The first-order chi connectivity index (χ1) is 63.4. The van der Waals surface area contributed by atoms with E-state index in [-0.39, 0.29) is 40.5 Å². The number of carboxylic acids is 1. The minimum Gasteiger partial charge on any atom is -1.00 e. The van der Waals surface area contributed by atoms with Gasteiger partial charge in [0.1, 0.15) is 0 Å². The molecule has 0 atom stereocenters. The molecule has 131 heavy (non-hydrogen) atoms. The average Bonchev–Trinajstić information content (AvgIpc) is 0.753. The molecule has 0 saturated carbocycles. The Morgan fingerprint density at radius 1 is 0.237 bits per heavy atom. The first-order valence-electron chi connectivity index (χ1n) is 42.9. The molecule has 9 nitrogen and oxygen atoms in total. The van der Waals surface area contributed by atoms with Crippen LogP contribution < -0.4 is 27.7 Å². The summed E-state index contributed by atoms with van der Waals surface area (Å²) in [5, 5.41) is 7.42. The molecule has 0 spiro atoms. The van der Waals surface area contributed by atoms with E-state index in [1.54, 1.807) is 24.3 Å². The van der Waals surface area contributed by atoms with Crippen molar-refractivity contribution in [3.05, 3.63) is 526 Å². The van der Waals surface area contributed by atoms with Crippen molar-refractivity contribution in [3.8, 4) is 145 Å². The summed E-state index contributed by atoms with van der Waals surface area (Å²) in [6, 6.07) is 162. The third-order valence-corrected chi connectivity index (χ3v) is 22.1. The number of rotatable bonds is 22. The number of nitrogens with zero attached hydrogens (tertiary/aromatic N) is 3. The smallest absolute Gasteiger partial charge is 0.300 e. The lowest BCUT2D eigenvalue weighted by Crippen LogP contribution is -3.00. The highest BCUT2D eigenvalue weighted by molar-refractivity contribution is 6.08. The second kappa shape index (κ2) is 45.0. The zero-order chi connectivity index (χ0) is 88.3. The molecule has 19 rings (SSSR count). The van der Waals surface area contributed by atoms with E-state index in [1.807, 2.05) is 211 Å². The van der Waals surface area contributed by atoms with E-state index in [2.05, 4.69) is 279 Å². The van der Waals surface area contributed by atoms with E-state index >= 15 is 0 Å². The minimum atomic E-state index is -0.833. The van der Waals surface area contributed by atoms with Crippen LogP contribution in [-0.2, 0) is 11.3 Å². The molecule has 4 N–H and O–H groups in total. The molecule has 0 aliphatic rings. The van der Waals surface area contributed by atoms with Gasteiger partial charge in [-0.15, -0.1) is 0 Å². The number of ketones is 3. The third kappa shape index (κ3) is 24.5. The molecule has 16 aromatic carbocycles. The fourth-order valence-corrected chi connectivity index (χ4v) is 15.2. The van der Waals surface area contributed by atoms with Gasteiger partial charge in [0.05, 0.1) is 22.8 Å². The van der Waals surface area contributed by atoms with Crippen molar-refractivity contribution in [1.29, 1.82) is 0 Å². The van der Waals surface area contributed by atoms with Gasteiger partial charge in [0.15, 0.2) is 24.0 Å². The van der Waals surface area contributed by atoms with Gasteiger partial charge in [-0.1, -0.05) is 437 Å². The maximum atomic E-state index is 12.7. The monoisotopic (exact) mass is 1760 g/mol. The predicted molar refractivity (Wildman–Crippen MR) is 534 cm³/mol. The molecule has 0 radical (unpaired) electrons. The van der Waals surface area contributed by atoms with Crippen LogP contribution in [0.4, 0.5) is 0 Å². The minimum absolute atomic E-state index is 0. The summed E-state index contributed by atoms with van der Waals surface area (Å²) in [5.41, 5.74) is 32.3. The number of aliphatic carboxylic acids is 1. The van der Waals surface area contributed by atoms with E-state index in [1.165, 1.54) is 44.5 Å². The van der Waals surface area contributed by atoms with Crippen LogP contribution in [0.15, 0.2) is 498 Å². The first kappa shape index (κ1) is 90.6. The van der Waals surface area contributed by atoms with Gasteiger partial charge in [0, 0.05) is 58.0 Å². The van der Waals surface area contributed by atoms with Crippen LogP contribution in [-0.4, -0.2) is 38.4 Å². The predicted octanol–water partition coefficient (Wildman–Crippen LogP) is 26.7. The highest BCUT2D eigenvalue weighted by Gasteiger charge is 2.17. The van der Waals surface area contributed by atoms with Gasteiger partial charge in [-0.05, 0) is 160 Å². The lowest BCUT2D eigenvalue weighted by molar-refractivity contribution is -0.683. The molecule has 19 aromatic rings. The normalized spacial score (nSPS) is 10.6. The highest BCUT2D eigenvalue weighted by Crippen LogP contribution is 2.38. The number of allylic oxidation sites excluding steroid dienone is 2. The lowest BCUT2D eigenvalue weighted by atomic mass is 9.94. The average molecular weight is 1760 g/mol. The van der Waals surface area contributed by atoms with Crippen LogP contribution in [0.3, 0.4) is 0 Å². The molecule has 0 fully saturated rings. The Bertz CT molecular complexity index is 6480. The molecule has 0 saturated heterocycles. The van der Waals surface area contributed by atoms with E-state index < -0.39 is 5.97 Å². The van der Waals surface area contributed by atoms with Crippen LogP contribution in [0.25, 0.3) is 157 Å². The molecule has 10 heteroatoms. The Morgan fingerprint density at radius 2 is 0.443 bits per heavy atom. The van der Waals surface area contributed by atoms with Gasteiger partial charge < -0.3 is 28.2 Å². The number of carbonyl (C=O) groups is 4. The quantitative estimate of drug-likeness (QED) is 0.0386. The molecule has 0 aliphatic heterocycles. The SMILES string of the molecule is CC(=O)O.N.O=C(/C=C/c1cccc(/C=C/C(=O)c2ccc(-c3ccccc3)cc2)c1)c1ccc(-c2ccccc2)cc1.O=C(C[n+]1ccccc1)c1ccc(-c2ccccc2)cc1.[Br-].c1ccc(-c2ccc(-c3cc(-c4cccc(-c5cc(-c6ccc(-c7ccccc7)cc6)nc(-c6ccc(-c7ccccc7)cc6)c5)c4)cc(-c4ccc(-c5ccccc5)cc4)n3)cc2)cc1. The summed E-state index contributed by atoms with van der Waals surface area (Å²) >= 11 is 0. The Labute approximate surface area is 776 Å². The number of carbonyl (C=O) groups excluding carboxylic acids is 3. The van der Waals surface area contributed by atoms with Crippen molar-refractivity contribution in [1.82, 2.24) is 16.1 Å². The van der Waals surface area contributed by atoms with E-state index in [0.29, 0.717) is 17.7 Å². The topological polar surface area (TPSA) is 153 Å². The number of aromatic nitrogens is 3. The Hall–Kier alpha value is -16.6. The van der Waals surface area contributed by atoms with Gasteiger partial charge >= 0.3 is 0 Å². The second-order valence-electron chi connectivity index (χ2n) is 31.0. The van der Waals surface area contributed by atoms with Gasteiger partial charge in [-0.25, -0.2) is 9.97 Å². The Kier molecular flexibility index (Phi) is 31.1. The van der Waals surface area contributed by atoms with Gasteiger partial charge in [-0.2, -0.15) is 4.57 Å². The fourth-order valence-electron chi connectivity index (χ4n) is 15.2. The fraction of sp³-hybridized carbons (Fsp3) is 0.0165. The summed E-state index contributed by atoms with van der Waals surface area (Å²) in [6.45, 7) is 1.45. The number of hydrogen-bond donors (Lipinski definition) is 2. The van der Waals surface area contributed by atoms with Crippen molar-refractivity contribution in [2.45, 2.75) is 13.5 Å². The Balaban J connectivity index is 0.000000178. The maximum absolute atomic E-state index is 12.7. The first-order valence-corrected chi connectivity index (χ1v) is 42.9. The molecular formula is C121H93BrN4O5. The zero-order valence-electron chi connectivity index (χ0n) is 72.2. The van der Waals surface area contributed by atoms with Crippen LogP contribution in [0.5, 0.6) is 0 Å². The molecule has 3 heterocycles. The van der Waals surface area contributed by atoms with Crippen LogP contribution >= 0.6 is 0 Å². The summed E-state index contributed by atoms with van der Waals surface area (Å²) in [5.74, 6) is -0.829.